The number of nitrogens with one attached hydrogen (secondary N) is 2. The van der Waals surface area contributed by atoms with Gasteiger partial charge in [-0.3, -0.25) is 14.2 Å². The van der Waals surface area contributed by atoms with Gasteiger partial charge in [-0.25, -0.2) is 28.1 Å². The average Bonchev–Trinajstić information content (AvgIpc) is 3.77. The Morgan fingerprint density at radius 2 is 1.90 bits per heavy atom. The van der Waals surface area contributed by atoms with Crippen molar-refractivity contribution in [2.75, 3.05) is 11.9 Å². The Bertz CT molecular complexity index is 1730. The third-order valence-electron chi connectivity index (χ3n) is 6.88. The number of fused-ring (bicyclic) bond motifs is 1. The van der Waals surface area contributed by atoms with Crippen LogP contribution in [0.15, 0.2) is 64.6 Å². The second kappa shape index (κ2) is 10.5. The molecular formula is C28H24F2N6O4. The van der Waals surface area contributed by atoms with E-state index in [9.17, 15) is 18.8 Å². The summed E-state index contributed by atoms with van der Waals surface area (Å²) in [7, 11) is 0. The summed E-state index contributed by atoms with van der Waals surface area (Å²) in [5.41, 5.74) is -0.303. The Kier molecular flexibility index (Phi) is 6.68. The molecule has 2 aromatic carbocycles. The van der Waals surface area contributed by atoms with E-state index in [0.29, 0.717) is 25.4 Å². The molecule has 2 aromatic heterocycles. The summed E-state index contributed by atoms with van der Waals surface area (Å²) in [6.07, 6.45) is 5.10. The van der Waals surface area contributed by atoms with E-state index in [2.05, 4.69) is 20.6 Å². The van der Waals surface area contributed by atoms with Crippen LogP contribution in [-0.2, 0) is 19.5 Å². The lowest BCUT2D eigenvalue weighted by Gasteiger charge is -2.18. The van der Waals surface area contributed by atoms with Crippen molar-refractivity contribution in [2.24, 2.45) is 5.92 Å². The molecule has 1 amide bonds. The number of rotatable bonds is 7. The maximum atomic E-state index is 15.1. The third-order valence-corrected chi connectivity index (χ3v) is 6.88. The zero-order valence-corrected chi connectivity index (χ0v) is 21.2. The minimum Gasteiger partial charge on any atom is -0.439 e. The van der Waals surface area contributed by atoms with Crippen LogP contribution in [-0.4, -0.2) is 31.6 Å². The standard InChI is InChI=1S/C28H24F2N6O4/c29-17-3-5-18(6-4-17)36-27(38)21(14-35(28(36)39)13-16-1-2-16)25(37)34-23-8-7-19(11-22(23)30)40-26-20-9-10-31-12-24(20)32-15-33-26/h3-8,11,14-16,31H,1-2,9-10,12-13H2,(H,34,37). The number of aromatic nitrogens is 4. The fourth-order valence-corrected chi connectivity index (χ4v) is 4.59. The van der Waals surface area contributed by atoms with Crippen molar-refractivity contribution in [1.82, 2.24) is 24.4 Å². The molecule has 2 aliphatic rings. The van der Waals surface area contributed by atoms with Crippen LogP contribution in [0.1, 0.15) is 34.5 Å². The molecule has 204 valence electrons. The van der Waals surface area contributed by atoms with Gasteiger partial charge in [0.05, 0.1) is 17.1 Å². The molecule has 1 aliphatic heterocycles. The highest BCUT2D eigenvalue weighted by Gasteiger charge is 2.26. The summed E-state index contributed by atoms with van der Waals surface area (Å²) in [4.78, 5) is 48.0. The SMILES string of the molecule is O=C(Nc1ccc(Oc2ncnc3c2CCNC3)cc1F)c1cn(CC2CC2)c(=O)n(-c2ccc(F)cc2)c1=O. The van der Waals surface area contributed by atoms with Crippen LogP contribution in [0.5, 0.6) is 11.6 Å². The minimum absolute atomic E-state index is 0.117. The molecule has 0 saturated heterocycles. The van der Waals surface area contributed by atoms with Gasteiger partial charge in [0.1, 0.15) is 29.3 Å². The summed E-state index contributed by atoms with van der Waals surface area (Å²) in [5.74, 6) is -1.46. The van der Waals surface area contributed by atoms with Gasteiger partial charge in [0.25, 0.3) is 11.5 Å². The number of amides is 1. The predicted molar refractivity (Wildman–Crippen MR) is 141 cm³/mol. The molecule has 0 unspecified atom stereocenters. The van der Waals surface area contributed by atoms with Crippen LogP contribution in [0.25, 0.3) is 5.69 Å². The first-order chi connectivity index (χ1) is 19.4. The number of carbonyl (C=O) groups is 1. The van der Waals surface area contributed by atoms with Crippen LogP contribution in [0.4, 0.5) is 14.5 Å². The van der Waals surface area contributed by atoms with Gasteiger partial charge in [0, 0.05) is 30.9 Å². The summed E-state index contributed by atoms with van der Waals surface area (Å²) < 4.78 is 36.5. The van der Waals surface area contributed by atoms with E-state index < -0.39 is 28.8 Å². The molecule has 1 fully saturated rings. The van der Waals surface area contributed by atoms with Crippen LogP contribution >= 0.6 is 0 Å². The Balaban J connectivity index is 1.29. The van der Waals surface area contributed by atoms with Gasteiger partial charge >= 0.3 is 5.69 Å². The number of hydrogen-bond donors (Lipinski definition) is 2. The lowest BCUT2D eigenvalue weighted by molar-refractivity contribution is 0.102. The number of carbonyl (C=O) groups excluding carboxylic acids is 1. The summed E-state index contributed by atoms with van der Waals surface area (Å²) in [6, 6.07) is 8.69. The van der Waals surface area contributed by atoms with Crippen molar-refractivity contribution in [3.63, 3.8) is 0 Å². The number of hydrogen-bond acceptors (Lipinski definition) is 7. The van der Waals surface area contributed by atoms with Crippen molar-refractivity contribution in [3.8, 4) is 17.3 Å². The summed E-state index contributed by atoms with van der Waals surface area (Å²) in [5, 5.41) is 5.63. The van der Waals surface area contributed by atoms with Gasteiger partial charge in [-0.15, -0.1) is 0 Å². The van der Waals surface area contributed by atoms with E-state index in [4.69, 9.17) is 4.74 Å². The fourth-order valence-electron chi connectivity index (χ4n) is 4.59. The van der Waals surface area contributed by atoms with Gasteiger partial charge in [-0.05, 0) is 68.1 Å². The highest BCUT2D eigenvalue weighted by molar-refractivity contribution is 6.04. The topological polar surface area (TPSA) is 120 Å². The van der Waals surface area contributed by atoms with E-state index in [1.54, 1.807) is 0 Å². The molecule has 40 heavy (non-hydrogen) atoms. The number of anilines is 1. The summed E-state index contributed by atoms with van der Waals surface area (Å²) >= 11 is 0. The summed E-state index contributed by atoms with van der Waals surface area (Å²) in [6.45, 7) is 1.65. The van der Waals surface area contributed by atoms with E-state index in [-0.39, 0.29) is 28.6 Å². The quantitative estimate of drug-likeness (QED) is 0.365. The van der Waals surface area contributed by atoms with Crippen molar-refractivity contribution in [3.05, 3.63) is 104 Å². The highest BCUT2D eigenvalue weighted by atomic mass is 19.1. The minimum atomic E-state index is -0.899. The average molecular weight is 547 g/mol. The molecule has 2 N–H and O–H groups in total. The molecule has 6 rings (SSSR count). The highest BCUT2D eigenvalue weighted by Crippen LogP contribution is 2.30. The van der Waals surface area contributed by atoms with Gasteiger partial charge in [-0.2, -0.15) is 0 Å². The number of nitrogens with zero attached hydrogens (tertiary/aromatic N) is 4. The van der Waals surface area contributed by atoms with Crippen LogP contribution in [0.3, 0.4) is 0 Å². The van der Waals surface area contributed by atoms with Gasteiger partial charge in [0.2, 0.25) is 5.88 Å². The lowest BCUT2D eigenvalue weighted by atomic mass is 10.1. The van der Waals surface area contributed by atoms with E-state index in [1.807, 2.05) is 0 Å². The molecule has 0 bridgehead atoms. The molecular weight excluding hydrogens is 522 g/mol. The molecule has 0 atom stereocenters. The lowest BCUT2D eigenvalue weighted by Crippen LogP contribution is -2.42. The molecule has 10 nitrogen and oxygen atoms in total. The first-order valence-corrected chi connectivity index (χ1v) is 12.8. The van der Waals surface area contributed by atoms with Crippen LogP contribution < -0.4 is 26.6 Å². The van der Waals surface area contributed by atoms with E-state index in [1.165, 1.54) is 41.4 Å². The molecule has 3 heterocycles. The van der Waals surface area contributed by atoms with Crippen molar-refractivity contribution >= 4 is 11.6 Å². The van der Waals surface area contributed by atoms with Gasteiger partial charge in [-0.1, -0.05) is 0 Å². The van der Waals surface area contributed by atoms with Crippen molar-refractivity contribution in [1.29, 1.82) is 0 Å². The maximum absolute atomic E-state index is 15.1. The van der Waals surface area contributed by atoms with E-state index in [0.717, 1.165) is 53.4 Å². The molecule has 0 radical (unpaired) electrons. The molecule has 1 saturated carbocycles. The third kappa shape index (κ3) is 5.13. The van der Waals surface area contributed by atoms with Gasteiger partial charge in [0.15, 0.2) is 0 Å². The Morgan fingerprint density at radius 3 is 2.65 bits per heavy atom. The maximum Gasteiger partial charge on any atom is 0.335 e. The number of benzene rings is 2. The monoisotopic (exact) mass is 546 g/mol. The number of halogens is 2. The number of ether oxygens (including phenoxy) is 1. The largest absolute Gasteiger partial charge is 0.439 e. The zero-order chi connectivity index (χ0) is 27.8. The second-order valence-electron chi connectivity index (χ2n) is 9.77. The fraction of sp³-hybridized carbons (Fsp3) is 0.250. The van der Waals surface area contributed by atoms with Crippen LogP contribution in [0, 0.1) is 17.6 Å². The first-order valence-electron chi connectivity index (χ1n) is 12.8. The predicted octanol–water partition coefficient (Wildman–Crippen LogP) is 3.17. The molecule has 0 spiro atoms. The smallest absolute Gasteiger partial charge is 0.335 e. The van der Waals surface area contributed by atoms with Crippen molar-refractivity contribution < 1.29 is 18.3 Å². The van der Waals surface area contributed by atoms with Crippen LogP contribution in [0.2, 0.25) is 0 Å². The first kappa shape index (κ1) is 25.6. The Hall–Kier alpha value is -4.71. The Labute approximate surface area is 226 Å². The second-order valence-corrected chi connectivity index (χ2v) is 9.77. The molecule has 12 heteroatoms. The van der Waals surface area contributed by atoms with Gasteiger partial charge < -0.3 is 15.4 Å². The normalized spacial score (nSPS) is 14.4. The van der Waals surface area contributed by atoms with E-state index >= 15 is 4.39 Å². The van der Waals surface area contributed by atoms with Crippen molar-refractivity contribution in [2.45, 2.75) is 32.4 Å². The Morgan fingerprint density at radius 1 is 1.10 bits per heavy atom. The molecule has 1 aliphatic carbocycles. The molecule has 4 aromatic rings. The zero-order valence-electron chi connectivity index (χ0n) is 21.2.